The Hall–Kier alpha value is -0.980. The molecule has 6 nitrogen and oxygen atoms in total. The van der Waals surface area contributed by atoms with Crippen molar-refractivity contribution in [2.75, 3.05) is 0 Å². The monoisotopic (exact) mass is 143 g/mol. The maximum Gasteiger partial charge on any atom is 0.326 e. The lowest BCUT2D eigenvalue weighted by atomic mass is 10.6. The van der Waals surface area contributed by atoms with E-state index in [1.54, 1.807) is 0 Å². The van der Waals surface area contributed by atoms with Gasteiger partial charge in [-0.3, -0.25) is 4.74 Å². The molecule has 0 saturated carbocycles. The molecule has 0 aromatic carbocycles. The molecular weight excluding hydrogens is 138 g/mol. The van der Waals surface area contributed by atoms with Crippen molar-refractivity contribution in [3.63, 3.8) is 0 Å². The third kappa shape index (κ3) is 0.576. The molecule has 0 amide bonds. The lowest BCUT2D eigenvalue weighted by Gasteiger charge is -1.99. The molecule has 2 atom stereocenters. The van der Waals surface area contributed by atoms with Gasteiger partial charge in [-0.2, -0.15) is 4.68 Å². The van der Waals surface area contributed by atoms with Gasteiger partial charge in [0.1, 0.15) is 0 Å². The zero-order chi connectivity index (χ0) is 7.19. The van der Waals surface area contributed by atoms with Gasteiger partial charge in [0, 0.05) is 0 Å². The zero-order valence-corrected chi connectivity index (χ0v) is 4.88. The van der Waals surface area contributed by atoms with Crippen molar-refractivity contribution in [1.29, 1.82) is 0 Å². The first kappa shape index (κ1) is 5.78. The van der Waals surface area contributed by atoms with Crippen LogP contribution in [0.25, 0.3) is 0 Å². The minimum absolute atomic E-state index is 1.04. The van der Waals surface area contributed by atoms with Crippen LogP contribution in [-0.4, -0.2) is 31.5 Å². The molecule has 2 heterocycles. The standard InChI is InChI=1S/C4H5N3O3/c8-3-4(9,10-3)7-2-1-5-6-7/h1-3,8-9H. The first-order chi connectivity index (χ1) is 4.73. The van der Waals surface area contributed by atoms with E-state index in [4.69, 9.17) is 10.2 Å². The molecule has 1 aromatic rings. The van der Waals surface area contributed by atoms with E-state index in [1.807, 2.05) is 0 Å². The van der Waals surface area contributed by atoms with Crippen molar-refractivity contribution < 1.29 is 14.9 Å². The maximum absolute atomic E-state index is 9.15. The highest BCUT2D eigenvalue weighted by Crippen LogP contribution is 2.35. The molecule has 0 aliphatic carbocycles. The normalized spacial score (nSPS) is 38.0. The first-order valence-electron chi connectivity index (χ1n) is 2.68. The van der Waals surface area contributed by atoms with E-state index in [-0.39, 0.29) is 0 Å². The van der Waals surface area contributed by atoms with Crippen LogP contribution in [0.3, 0.4) is 0 Å². The van der Waals surface area contributed by atoms with Gasteiger partial charge in [-0.1, -0.05) is 5.21 Å². The van der Waals surface area contributed by atoms with Crippen LogP contribution in [0, 0.1) is 0 Å². The van der Waals surface area contributed by atoms with Gasteiger partial charge < -0.3 is 10.2 Å². The van der Waals surface area contributed by atoms with Crippen LogP contribution in [0.15, 0.2) is 12.4 Å². The number of aromatic nitrogens is 3. The highest BCUT2D eigenvalue weighted by Gasteiger charge is 2.58. The largest absolute Gasteiger partial charge is 0.362 e. The number of rotatable bonds is 1. The van der Waals surface area contributed by atoms with E-state index in [9.17, 15) is 0 Å². The highest BCUT2D eigenvalue weighted by molar-refractivity contribution is 4.82. The van der Waals surface area contributed by atoms with E-state index in [0.717, 1.165) is 4.68 Å². The number of aliphatic hydroxyl groups is 2. The number of nitrogens with zero attached hydrogens (tertiary/aromatic N) is 3. The molecule has 1 saturated heterocycles. The van der Waals surface area contributed by atoms with Gasteiger partial charge in [-0.15, -0.1) is 5.10 Å². The average molecular weight is 143 g/mol. The van der Waals surface area contributed by atoms with Gasteiger partial charge in [0.2, 0.25) is 6.29 Å². The first-order valence-corrected chi connectivity index (χ1v) is 2.68. The van der Waals surface area contributed by atoms with Crippen LogP contribution in [0.2, 0.25) is 0 Å². The summed E-state index contributed by atoms with van der Waals surface area (Å²) in [5, 5.41) is 24.7. The van der Waals surface area contributed by atoms with Gasteiger partial charge in [-0.25, -0.2) is 0 Å². The number of hydrogen-bond acceptors (Lipinski definition) is 5. The lowest BCUT2D eigenvalue weighted by molar-refractivity contribution is -0.0495. The maximum atomic E-state index is 9.15. The Balaban J connectivity index is 2.30. The third-order valence-corrected chi connectivity index (χ3v) is 1.30. The fourth-order valence-electron chi connectivity index (χ4n) is 0.677. The van der Waals surface area contributed by atoms with E-state index < -0.39 is 12.2 Å². The van der Waals surface area contributed by atoms with Gasteiger partial charge in [-0.05, 0) is 0 Å². The Morgan fingerprint density at radius 3 is 2.80 bits per heavy atom. The average Bonchev–Trinajstić information content (AvgIpc) is 2.35. The van der Waals surface area contributed by atoms with Gasteiger partial charge in [0.05, 0.1) is 12.4 Å². The Labute approximate surface area is 55.7 Å². The quantitative estimate of drug-likeness (QED) is 0.454. The van der Waals surface area contributed by atoms with E-state index in [2.05, 4.69) is 15.0 Å². The molecule has 1 aromatic heterocycles. The SMILES string of the molecule is OC1OC1(O)n1ccnn1. The number of aliphatic hydroxyl groups excluding tert-OH is 1. The van der Waals surface area contributed by atoms with Crippen molar-refractivity contribution in [3.8, 4) is 0 Å². The Morgan fingerprint density at radius 2 is 2.40 bits per heavy atom. The Kier molecular flexibility index (Phi) is 0.890. The molecule has 1 aliphatic rings. The molecule has 0 bridgehead atoms. The second kappa shape index (κ2) is 1.54. The fourth-order valence-corrected chi connectivity index (χ4v) is 0.677. The minimum Gasteiger partial charge on any atom is -0.362 e. The van der Waals surface area contributed by atoms with Crippen molar-refractivity contribution in [1.82, 2.24) is 15.0 Å². The van der Waals surface area contributed by atoms with Crippen molar-refractivity contribution in [2.24, 2.45) is 0 Å². The Bertz CT molecular complexity index is 236. The summed E-state index contributed by atoms with van der Waals surface area (Å²) in [7, 11) is 0. The van der Waals surface area contributed by atoms with Gasteiger partial charge in [0.15, 0.2) is 0 Å². The molecule has 0 radical (unpaired) electrons. The molecule has 1 fully saturated rings. The molecule has 1 aliphatic heterocycles. The molecule has 54 valence electrons. The number of epoxide rings is 1. The fraction of sp³-hybridized carbons (Fsp3) is 0.500. The summed E-state index contributed by atoms with van der Waals surface area (Å²) in [6.45, 7) is 0. The lowest BCUT2D eigenvalue weighted by Crippen LogP contribution is -2.21. The summed E-state index contributed by atoms with van der Waals surface area (Å²) in [6, 6.07) is 0. The highest BCUT2D eigenvalue weighted by atomic mass is 16.8. The van der Waals surface area contributed by atoms with Crippen LogP contribution in [-0.2, 0) is 10.6 Å². The second-order valence-electron chi connectivity index (χ2n) is 1.98. The second-order valence-corrected chi connectivity index (χ2v) is 1.98. The Morgan fingerprint density at radius 1 is 1.70 bits per heavy atom. The summed E-state index contributed by atoms with van der Waals surface area (Å²) in [5.41, 5.74) is 0. The molecular formula is C4H5N3O3. The summed E-state index contributed by atoms with van der Waals surface area (Å²) in [5.74, 6) is -1.67. The van der Waals surface area contributed by atoms with Crippen LogP contribution >= 0.6 is 0 Å². The van der Waals surface area contributed by atoms with Crippen LogP contribution in [0.4, 0.5) is 0 Å². The molecule has 2 unspecified atom stereocenters. The van der Waals surface area contributed by atoms with E-state index in [1.165, 1.54) is 12.4 Å². The van der Waals surface area contributed by atoms with Crippen LogP contribution < -0.4 is 0 Å². The summed E-state index contributed by atoms with van der Waals surface area (Å²) < 4.78 is 5.46. The van der Waals surface area contributed by atoms with Crippen molar-refractivity contribution >= 4 is 0 Å². The van der Waals surface area contributed by atoms with Crippen LogP contribution in [0.1, 0.15) is 0 Å². The van der Waals surface area contributed by atoms with Gasteiger partial charge in [0.25, 0.3) is 0 Å². The predicted molar refractivity (Wildman–Crippen MR) is 27.3 cm³/mol. The summed E-state index contributed by atoms with van der Waals surface area (Å²) >= 11 is 0. The van der Waals surface area contributed by atoms with E-state index in [0.29, 0.717) is 0 Å². The topological polar surface area (TPSA) is 83.7 Å². The summed E-state index contributed by atoms with van der Waals surface area (Å²) in [4.78, 5) is 0. The molecule has 0 spiro atoms. The van der Waals surface area contributed by atoms with Gasteiger partial charge >= 0.3 is 5.91 Å². The zero-order valence-electron chi connectivity index (χ0n) is 4.88. The molecule has 10 heavy (non-hydrogen) atoms. The van der Waals surface area contributed by atoms with E-state index >= 15 is 0 Å². The molecule has 2 N–H and O–H groups in total. The summed E-state index contributed by atoms with van der Waals surface area (Å²) in [6.07, 6.45) is 1.59. The third-order valence-electron chi connectivity index (χ3n) is 1.30. The predicted octanol–water partition coefficient (Wildman–Crippen LogP) is -1.77. The molecule has 2 rings (SSSR count). The van der Waals surface area contributed by atoms with Crippen molar-refractivity contribution in [3.05, 3.63) is 12.4 Å². The molecule has 6 heteroatoms. The smallest absolute Gasteiger partial charge is 0.326 e. The number of ether oxygens (including phenoxy) is 1. The van der Waals surface area contributed by atoms with Crippen LogP contribution in [0.5, 0.6) is 0 Å². The number of hydrogen-bond donors (Lipinski definition) is 2. The minimum atomic E-state index is -1.67. The van der Waals surface area contributed by atoms with Crippen molar-refractivity contribution in [2.45, 2.75) is 12.2 Å².